The Balaban J connectivity index is 2.35. The van der Waals surface area contributed by atoms with Gasteiger partial charge in [0.25, 0.3) is 11.7 Å². The monoisotopic (exact) mass is 295 g/mol. The van der Waals surface area contributed by atoms with Crippen molar-refractivity contribution in [3.63, 3.8) is 0 Å². The van der Waals surface area contributed by atoms with Crippen molar-refractivity contribution < 1.29 is 9.59 Å². The van der Waals surface area contributed by atoms with Crippen LogP contribution >= 0.6 is 0 Å². The van der Waals surface area contributed by atoms with Crippen LogP contribution in [0, 0.1) is 0 Å². The Hall–Kier alpha value is -2.42. The zero-order valence-electron chi connectivity index (χ0n) is 13.5. The summed E-state index contributed by atoms with van der Waals surface area (Å²) in [6.07, 6.45) is 0. The Labute approximate surface area is 131 Å². The molecule has 0 aliphatic heterocycles. The zero-order chi connectivity index (χ0) is 16.3. The van der Waals surface area contributed by atoms with Crippen molar-refractivity contribution >= 4 is 17.4 Å². The van der Waals surface area contributed by atoms with Crippen molar-refractivity contribution in [1.82, 2.24) is 0 Å². The smallest absolute Gasteiger partial charge is 0.299 e. The fourth-order valence-corrected chi connectivity index (χ4v) is 2.38. The summed E-state index contributed by atoms with van der Waals surface area (Å²) in [4.78, 5) is 26.3. The highest BCUT2D eigenvalue weighted by Crippen LogP contribution is 2.31. The molecule has 1 amide bonds. The minimum Gasteiger partial charge on any atom is -0.308 e. The molecule has 0 aliphatic carbocycles. The fourth-order valence-electron chi connectivity index (χ4n) is 2.38. The first-order valence-electron chi connectivity index (χ1n) is 7.29. The molecule has 0 radical (unpaired) electrons. The number of anilines is 1. The molecule has 0 saturated heterocycles. The van der Waals surface area contributed by atoms with Gasteiger partial charge < -0.3 is 4.90 Å². The predicted octanol–water partition coefficient (Wildman–Crippen LogP) is 3.83. The highest BCUT2D eigenvalue weighted by Gasteiger charge is 2.26. The number of carbonyl (C=O) groups is 2. The second kappa shape index (κ2) is 6.14. The van der Waals surface area contributed by atoms with Crippen molar-refractivity contribution in [2.24, 2.45) is 0 Å². The molecule has 0 aromatic heterocycles. The summed E-state index contributed by atoms with van der Waals surface area (Å²) in [7, 11) is 1.65. The lowest BCUT2D eigenvalue weighted by Crippen LogP contribution is -2.35. The summed E-state index contributed by atoms with van der Waals surface area (Å²) in [5.74, 6) is -1.02. The topological polar surface area (TPSA) is 37.4 Å². The van der Waals surface area contributed by atoms with Gasteiger partial charge in [0, 0.05) is 18.3 Å². The number of ketones is 1. The molecule has 0 N–H and O–H groups in total. The lowest BCUT2D eigenvalue weighted by atomic mass is 9.85. The summed E-state index contributed by atoms with van der Waals surface area (Å²) in [5, 5.41) is 0. The van der Waals surface area contributed by atoms with E-state index in [1.54, 1.807) is 31.3 Å². The molecule has 2 aromatic carbocycles. The normalized spacial score (nSPS) is 11.1. The number of para-hydroxylation sites is 1. The van der Waals surface area contributed by atoms with Crippen LogP contribution in [-0.4, -0.2) is 18.7 Å². The van der Waals surface area contributed by atoms with Gasteiger partial charge >= 0.3 is 0 Å². The quantitative estimate of drug-likeness (QED) is 0.637. The lowest BCUT2D eigenvalue weighted by Gasteiger charge is -2.27. The number of hydrogen-bond donors (Lipinski definition) is 0. The summed E-state index contributed by atoms with van der Waals surface area (Å²) in [6.45, 7) is 6.26. The van der Waals surface area contributed by atoms with Crippen LogP contribution in [0.2, 0.25) is 0 Å². The molecular formula is C19H21NO2. The number of carbonyl (C=O) groups excluding carboxylic acids is 2. The number of rotatable bonds is 3. The highest BCUT2D eigenvalue weighted by atomic mass is 16.2. The first-order valence-corrected chi connectivity index (χ1v) is 7.29. The number of amides is 1. The van der Waals surface area contributed by atoms with Crippen LogP contribution in [0.1, 0.15) is 36.7 Å². The number of nitrogens with zero attached hydrogens (tertiary/aromatic N) is 1. The van der Waals surface area contributed by atoms with Crippen LogP contribution in [-0.2, 0) is 10.2 Å². The molecule has 114 valence electrons. The average Bonchev–Trinajstić information content (AvgIpc) is 2.52. The molecule has 0 unspecified atom stereocenters. The Kier molecular flexibility index (Phi) is 4.45. The van der Waals surface area contributed by atoms with Crippen LogP contribution < -0.4 is 4.90 Å². The Morgan fingerprint density at radius 3 is 2.00 bits per heavy atom. The molecule has 2 rings (SSSR count). The van der Waals surface area contributed by atoms with E-state index in [9.17, 15) is 9.59 Å². The summed E-state index contributed by atoms with van der Waals surface area (Å²) >= 11 is 0. The van der Waals surface area contributed by atoms with E-state index in [1.807, 2.05) is 30.3 Å². The molecular weight excluding hydrogens is 274 g/mol. The fraction of sp³-hybridized carbons (Fsp3) is 0.263. The molecule has 2 aromatic rings. The van der Waals surface area contributed by atoms with Gasteiger partial charge in [-0.2, -0.15) is 0 Å². The third-order valence-electron chi connectivity index (χ3n) is 3.61. The van der Waals surface area contributed by atoms with Gasteiger partial charge in [0.05, 0.1) is 0 Å². The van der Waals surface area contributed by atoms with Gasteiger partial charge in [-0.1, -0.05) is 69.3 Å². The standard InChI is InChI=1S/C19H21NO2/c1-19(2,3)15-12-8-9-13-16(15)20(4)18(22)17(21)14-10-6-5-7-11-14/h5-13H,1-4H3. The van der Waals surface area contributed by atoms with Gasteiger partial charge in [0.2, 0.25) is 0 Å². The molecule has 0 atom stereocenters. The third kappa shape index (κ3) is 3.25. The van der Waals surface area contributed by atoms with E-state index in [0.29, 0.717) is 5.56 Å². The van der Waals surface area contributed by atoms with Gasteiger partial charge in [0.1, 0.15) is 0 Å². The van der Waals surface area contributed by atoms with E-state index in [1.165, 1.54) is 4.90 Å². The number of benzene rings is 2. The van der Waals surface area contributed by atoms with E-state index < -0.39 is 11.7 Å². The molecule has 0 bridgehead atoms. The zero-order valence-corrected chi connectivity index (χ0v) is 13.5. The predicted molar refractivity (Wildman–Crippen MR) is 89.3 cm³/mol. The lowest BCUT2D eigenvalue weighted by molar-refractivity contribution is -0.114. The van der Waals surface area contributed by atoms with E-state index in [4.69, 9.17) is 0 Å². The van der Waals surface area contributed by atoms with Crippen molar-refractivity contribution in [3.8, 4) is 0 Å². The molecule has 3 nitrogen and oxygen atoms in total. The molecule has 0 heterocycles. The van der Waals surface area contributed by atoms with E-state index in [0.717, 1.165) is 11.3 Å². The summed E-state index contributed by atoms with van der Waals surface area (Å²) in [6, 6.07) is 16.3. The van der Waals surface area contributed by atoms with Gasteiger partial charge in [-0.3, -0.25) is 9.59 Å². The molecule has 22 heavy (non-hydrogen) atoms. The van der Waals surface area contributed by atoms with Crippen LogP contribution in [0.15, 0.2) is 54.6 Å². The van der Waals surface area contributed by atoms with Crippen molar-refractivity contribution in [1.29, 1.82) is 0 Å². The second-order valence-corrected chi connectivity index (χ2v) is 6.33. The van der Waals surface area contributed by atoms with Gasteiger partial charge in [-0.15, -0.1) is 0 Å². The minimum atomic E-state index is -0.525. The van der Waals surface area contributed by atoms with E-state index in [2.05, 4.69) is 20.8 Å². The van der Waals surface area contributed by atoms with Gasteiger partial charge in [-0.25, -0.2) is 0 Å². The summed E-state index contributed by atoms with van der Waals surface area (Å²) < 4.78 is 0. The Morgan fingerprint density at radius 1 is 0.864 bits per heavy atom. The number of hydrogen-bond acceptors (Lipinski definition) is 2. The van der Waals surface area contributed by atoms with Gasteiger partial charge in [0.15, 0.2) is 0 Å². The maximum absolute atomic E-state index is 12.5. The van der Waals surface area contributed by atoms with Gasteiger partial charge in [-0.05, 0) is 17.0 Å². The maximum atomic E-state index is 12.5. The number of likely N-dealkylation sites (N-methyl/N-ethyl adjacent to an activating group) is 1. The minimum absolute atomic E-state index is 0.110. The van der Waals surface area contributed by atoms with Crippen LogP contribution in [0.3, 0.4) is 0 Å². The second-order valence-electron chi connectivity index (χ2n) is 6.33. The SMILES string of the molecule is CN(C(=O)C(=O)c1ccccc1)c1ccccc1C(C)(C)C. The molecule has 0 fully saturated rings. The first-order chi connectivity index (χ1) is 10.3. The van der Waals surface area contributed by atoms with Crippen molar-refractivity contribution in [3.05, 3.63) is 65.7 Å². The van der Waals surface area contributed by atoms with Crippen molar-refractivity contribution in [2.45, 2.75) is 26.2 Å². The summed E-state index contributed by atoms with van der Waals surface area (Å²) in [5.41, 5.74) is 2.10. The Bertz CT molecular complexity index is 684. The maximum Gasteiger partial charge on any atom is 0.299 e. The largest absolute Gasteiger partial charge is 0.308 e. The molecule has 3 heteroatoms. The molecule has 0 spiro atoms. The molecule has 0 aliphatic rings. The van der Waals surface area contributed by atoms with Crippen LogP contribution in [0.4, 0.5) is 5.69 Å². The highest BCUT2D eigenvalue weighted by molar-refractivity contribution is 6.47. The van der Waals surface area contributed by atoms with Crippen LogP contribution in [0.5, 0.6) is 0 Å². The van der Waals surface area contributed by atoms with E-state index in [-0.39, 0.29) is 5.41 Å². The number of Topliss-reactive ketones (excluding diaryl/α,β-unsaturated/α-hetero) is 1. The van der Waals surface area contributed by atoms with Crippen LogP contribution in [0.25, 0.3) is 0 Å². The average molecular weight is 295 g/mol. The van der Waals surface area contributed by atoms with Crippen molar-refractivity contribution in [2.75, 3.05) is 11.9 Å². The Morgan fingerprint density at radius 2 is 1.41 bits per heavy atom. The molecule has 0 saturated carbocycles. The third-order valence-corrected chi connectivity index (χ3v) is 3.61. The first kappa shape index (κ1) is 16.0. The van der Waals surface area contributed by atoms with E-state index >= 15 is 0 Å².